The molecule has 1 saturated heterocycles. The first-order valence-electron chi connectivity index (χ1n) is 9.63. The fraction of sp³-hybridized carbons (Fsp3) is 0.238. The van der Waals surface area contributed by atoms with Crippen molar-refractivity contribution in [3.05, 3.63) is 53.9 Å². The molecule has 1 aliphatic rings. The first kappa shape index (κ1) is 19.1. The van der Waals surface area contributed by atoms with Crippen molar-refractivity contribution in [2.45, 2.75) is 12.8 Å². The first-order chi connectivity index (χ1) is 14.7. The van der Waals surface area contributed by atoms with E-state index in [2.05, 4.69) is 25.2 Å². The lowest BCUT2D eigenvalue weighted by Gasteiger charge is -2.31. The van der Waals surface area contributed by atoms with Gasteiger partial charge in [-0.1, -0.05) is 11.3 Å². The minimum Gasteiger partial charge on any atom is -0.347 e. The van der Waals surface area contributed by atoms with Gasteiger partial charge in [0.2, 0.25) is 5.91 Å². The van der Waals surface area contributed by atoms with Crippen LogP contribution in [-0.4, -0.2) is 33.9 Å². The molecule has 0 bridgehead atoms. The van der Waals surface area contributed by atoms with Gasteiger partial charge < -0.3 is 10.2 Å². The number of halogens is 1. The molecule has 3 aromatic heterocycles. The Morgan fingerprint density at radius 1 is 1.27 bits per heavy atom. The van der Waals surface area contributed by atoms with Crippen LogP contribution in [0.3, 0.4) is 0 Å². The van der Waals surface area contributed by atoms with Crippen LogP contribution >= 0.6 is 22.7 Å². The van der Waals surface area contributed by atoms with Crippen molar-refractivity contribution in [3.8, 4) is 11.3 Å². The molecule has 1 unspecified atom stereocenters. The number of benzene rings is 1. The summed E-state index contributed by atoms with van der Waals surface area (Å²) in [7, 11) is 0. The Hall–Kier alpha value is -2.91. The minimum absolute atomic E-state index is 0.0288. The Balaban J connectivity index is 1.27. The molecule has 0 radical (unpaired) electrons. The van der Waals surface area contributed by atoms with Crippen LogP contribution in [0.15, 0.2) is 48.1 Å². The Morgan fingerprint density at radius 2 is 2.20 bits per heavy atom. The largest absolute Gasteiger partial charge is 0.347 e. The second-order valence-corrected chi connectivity index (χ2v) is 9.03. The standard InChI is InChI=1S/C21H18FN5OS2/c22-15-5-6-16-18(9-15)30-21(25-16)27-8-2-4-14(11-27)19(28)26-20-24-17(12-29-20)13-3-1-7-23-10-13/h1,3,5-7,9-10,12,14H,2,4,8,11H2,(H,24,26,28). The molecule has 1 aliphatic heterocycles. The quantitative estimate of drug-likeness (QED) is 0.494. The minimum atomic E-state index is -0.261. The molecule has 1 N–H and O–H groups in total. The third-order valence-electron chi connectivity index (χ3n) is 5.09. The van der Waals surface area contributed by atoms with E-state index >= 15 is 0 Å². The van der Waals surface area contributed by atoms with E-state index < -0.39 is 0 Å². The van der Waals surface area contributed by atoms with Crippen molar-refractivity contribution >= 4 is 49.1 Å². The average Bonchev–Trinajstić information content (AvgIpc) is 3.41. The van der Waals surface area contributed by atoms with E-state index in [0.717, 1.165) is 46.0 Å². The molecule has 9 heteroatoms. The van der Waals surface area contributed by atoms with Gasteiger partial charge in [0.1, 0.15) is 5.82 Å². The molecule has 6 nitrogen and oxygen atoms in total. The highest BCUT2D eigenvalue weighted by molar-refractivity contribution is 7.22. The molecular formula is C21H18FN5OS2. The number of piperidine rings is 1. The summed E-state index contributed by atoms with van der Waals surface area (Å²) in [5.74, 6) is -0.435. The van der Waals surface area contributed by atoms with Crippen LogP contribution < -0.4 is 10.2 Å². The highest BCUT2D eigenvalue weighted by Crippen LogP contribution is 2.32. The molecule has 4 heterocycles. The van der Waals surface area contributed by atoms with Crippen molar-refractivity contribution in [3.63, 3.8) is 0 Å². The lowest BCUT2D eigenvalue weighted by atomic mass is 9.97. The number of pyridine rings is 1. The molecule has 0 spiro atoms. The second kappa shape index (κ2) is 8.08. The van der Waals surface area contributed by atoms with Crippen molar-refractivity contribution < 1.29 is 9.18 Å². The maximum Gasteiger partial charge on any atom is 0.231 e. The van der Waals surface area contributed by atoms with E-state index in [0.29, 0.717) is 11.7 Å². The number of hydrogen-bond donors (Lipinski definition) is 1. The molecule has 1 aromatic carbocycles. The predicted molar refractivity (Wildman–Crippen MR) is 118 cm³/mol. The molecule has 1 atom stereocenters. The van der Waals surface area contributed by atoms with Crippen LogP contribution in [0, 0.1) is 11.7 Å². The van der Waals surface area contributed by atoms with Gasteiger partial charge >= 0.3 is 0 Å². The van der Waals surface area contributed by atoms with Crippen LogP contribution in [0.4, 0.5) is 14.7 Å². The fourth-order valence-corrected chi connectivity index (χ4v) is 5.32. The summed E-state index contributed by atoms with van der Waals surface area (Å²) in [4.78, 5) is 28.2. The van der Waals surface area contributed by atoms with E-state index in [9.17, 15) is 9.18 Å². The lowest BCUT2D eigenvalue weighted by Crippen LogP contribution is -2.40. The molecule has 1 amide bonds. The Kier molecular flexibility index (Phi) is 5.14. The maximum atomic E-state index is 13.5. The topological polar surface area (TPSA) is 71.0 Å². The second-order valence-electron chi connectivity index (χ2n) is 7.16. The predicted octanol–water partition coefficient (Wildman–Crippen LogP) is 4.81. The number of hydrogen-bond acceptors (Lipinski definition) is 7. The normalized spacial score (nSPS) is 16.7. The van der Waals surface area contributed by atoms with Crippen molar-refractivity contribution in [1.82, 2.24) is 15.0 Å². The molecule has 1 fully saturated rings. The number of thiazole rings is 2. The summed E-state index contributed by atoms with van der Waals surface area (Å²) in [5.41, 5.74) is 2.51. The van der Waals surface area contributed by atoms with Gasteiger partial charge in [0.05, 0.1) is 21.8 Å². The van der Waals surface area contributed by atoms with Crippen LogP contribution in [0.25, 0.3) is 21.5 Å². The van der Waals surface area contributed by atoms with E-state index in [4.69, 9.17) is 0 Å². The summed E-state index contributed by atoms with van der Waals surface area (Å²) in [6.45, 7) is 1.43. The van der Waals surface area contributed by atoms with Gasteiger partial charge in [-0.2, -0.15) is 0 Å². The van der Waals surface area contributed by atoms with E-state index in [1.807, 2.05) is 17.5 Å². The summed E-state index contributed by atoms with van der Waals surface area (Å²) in [6.07, 6.45) is 5.20. The Morgan fingerprint density at radius 3 is 3.07 bits per heavy atom. The van der Waals surface area contributed by atoms with Crippen LogP contribution in [0.5, 0.6) is 0 Å². The van der Waals surface area contributed by atoms with Crippen LogP contribution in [-0.2, 0) is 4.79 Å². The third-order valence-corrected chi connectivity index (χ3v) is 6.93. The number of anilines is 2. The molecule has 0 saturated carbocycles. The summed E-state index contributed by atoms with van der Waals surface area (Å²) < 4.78 is 14.3. The monoisotopic (exact) mass is 439 g/mol. The molecule has 152 valence electrons. The average molecular weight is 440 g/mol. The molecule has 5 rings (SSSR count). The van der Waals surface area contributed by atoms with Gasteiger partial charge in [-0.05, 0) is 43.2 Å². The number of nitrogens with zero attached hydrogens (tertiary/aromatic N) is 4. The number of rotatable bonds is 4. The number of carbonyl (C=O) groups is 1. The molecule has 4 aromatic rings. The summed E-state index contributed by atoms with van der Waals surface area (Å²) >= 11 is 2.87. The number of carbonyl (C=O) groups excluding carboxylic acids is 1. The van der Waals surface area contributed by atoms with Crippen molar-refractivity contribution in [1.29, 1.82) is 0 Å². The molecule has 30 heavy (non-hydrogen) atoms. The van der Waals surface area contributed by atoms with Crippen molar-refractivity contribution in [2.75, 3.05) is 23.3 Å². The molecule has 0 aliphatic carbocycles. The van der Waals surface area contributed by atoms with E-state index in [1.165, 1.54) is 34.8 Å². The summed E-state index contributed by atoms with van der Waals surface area (Å²) in [6, 6.07) is 8.43. The third kappa shape index (κ3) is 3.90. The first-order valence-corrected chi connectivity index (χ1v) is 11.3. The van der Waals surface area contributed by atoms with Crippen LogP contribution in [0.2, 0.25) is 0 Å². The van der Waals surface area contributed by atoms with Gasteiger partial charge in [-0.15, -0.1) is 11.3 Å². The van der Waals surface area contributed by atoms with Gasteiger partial charge in [0.25, 0.3) is 0 Å². The number of fused-ring (bicyclic) bond motifs is 1. The molecular weight excluding hydrogens is 421 g/mol. The zero-order valence-electron chi connectivity index (χ0n) is 15.9. The zero-order chi connectivity index (χ0) is 20.5. The zero-order valence-corrected chi connectivity index (χ0v) is 17.5. The summed E-state index contributed by atoms with van der Waals surface area (Å²) in [5, 5.41) is 6.30. The maximum absolute atomic E-state index is 13.5. The smallest absolute Gasteiger partial charge is 0.231 e. The number of nitrogens with one attached hydrogen (secondary N) is 1. The van der Waals surface area contributed by atoms with Gasteiger partial charge in [-0.25, -0.2) is 14.4 Å². The van der Waals surface area contributed by atoms with Crippen molar-refractivity contribution in [2.24, 2.45) is 5.92 Å². The van der Waals surface area contributed by atoms with E-state index in [-0.39, 0.29) is 17.6 Å². The van der Waals surface area contributed by atoms with Gasteiger partial charge in [0, 0.05) is 36.4 Å². The van der Waals surface area contributed by atoms with Gasteiger partial charge in [0.15, 0.2) is 10.3 Å². The number of aromatic nitrogens is 3. The fourth-order valence-electron chi connectivity index (χ4n) is 3.57. The number of amides is 1. The van der Waals surface area contributed by atoms with E-state index in [1.54, 1.807) is 18.5 Å². The highest BCUT2D eigenvalue weighted by atomic mass is 32.1. The Bertz CT molecular complexity index is 1190. The lowest BCUT2D eigenvalue weighted by molar-refractivity contribution is -0.120. The van der Waals surface area contributed by atoms with Crippen LogP contribution in [0.1, 0.15) is 12.8 Å². The highest BCUT2D eigenvalue weighted by Gasteiger charge is 2.28. The van der Waals surface area contributed by atoms with Gasteiger partial charge in [-0.3, -0.25) is 9.78 Å². The Labute approximate surface area is 180 Å². The SMILES string of the molecule is O=C(Nc1nc(-c2cccnc2)cs1)C1CCCN(c2nc3ccc(F)cc3s2)C1.